The third kappa shape index (κ3) is 3.61. The standard InChI is InChI=1S/C17H26ClN5O/c1-3-24-10-4-5-23-16-12-14(19)13(18)11-15(16)20-17(23)22-8-6-21(2)7-9-22/h11-12H,3-10,19H2,1-2H3. The summed E-state index contributed by atoms with van der Waals surface area (Å²) in [5.41, 5.74) is 8.56. The zero-order chi connectivity index (χ0) is 17.1. The van der Waals surface area contributed by atoms with Gasteiger partial charge in [0.05, 0.1) is 21.7 Å². The average Bonchev–Trinajstić information content (AvgIpc) is 2.90. The zero-order valence-corrected chi connectivity index (χ0v) is 15.2. The highest BCUT2D eigenvalue weighted by Crippen LogP contribution is 2.30. The number of piperazine rings is 1. The number of imidazole rings is 1. The lowest BCUT2D eigenvalue weighted by molar-refractivity contribution is 0.142. The van der Waals surface area contributed by atoms with Crippen molar-refractivity contribution >= 4 is 34.3 Å². The van der Waals surface area contributed by atoms with Crippen LogP contribution < -0.4 is 10.6 Å². The number of anilines is 2. The van der Waals surface area contributed by atoms with Gasteiger partial charge in [0.15, 0.2) is 0 Å². The van der Waals surface area contributed by atoms with Gasteiger partial charge >= 0.3 is 0 Å². The van der Waals surface area contributed by atoms with Crippen LogP contribution >= 0.6 is 11.6 Å². The van der Waals surface area contributed by atoms with E-state index >= 15 is 0 Å². The third-order valence-corrected chi connectivity index (χ3v) is 4.83. The molecule has 1 fully saturated rings. The van der Waals surface area contributed by atoms with E-state index in [1.165, 1.54) is 0 Å². The normalized spacial score (nSPS) is 16.2. The van der Waals surface area contributed by atoms with Crippen LogP contribution in [0.2, 0.25) is 5.02 Å². The van der Waals surface area contributed by atoms with Crippen molar-refractivity contribution < 1.29 is 4.74 Å². The van der Waals surface area contributed by atoms with Crippen LogP contribution in [0.5, 0.6) is 0 Å². The lowest BCUT2D eigenvalue weighted by Gasteiger charge is -2.33. The minimum Gasteiger partial charge on any atom is -0.397 e. The maximum Gasteiger partial charge on any atom is 0.206 e. The van der Waals surface area contributed by atoms with E-state index in [1.807, 2.05) is 19.1 Å². The molecule has 132 valence electrons. The Hall–Kier alpha value is -1.50. The number of ether oxygens (including phenoxy) is 1. The summed E-state index contributed by atoms with van der Waals surface area (Å²) >= 11 is 6.19. The van der Waals surface area contributed by atoms with Gasteiger partial charge in [0.25, 0.3) is 0 Å². The Morgan fingerprint density at radius 2 is 2.00 bits per heavy atom. The minimum atomic E-state index is 0.561. The fourth-order valence-electron chi connectivity index (χ4n) is 3.09. The minimum absolute atomic E-state index is 0.561. The largest absolute Gasteiger partial charge is 0.397 e. The number of nitrogen functional groups attached to an aromatic ring is 1. The first-order chi connectivity index (χ1) is 11.6. The summed E-state index contributed by atoms with van der Waals surface area (Å²) in [5.74, 6) is 1.01. The first-order valence-electron chi connectivity index (χ1n) is 8.56. The number of nitrogens with zero attached hydrogens (tertiary/aromatic N) is 4. The SMILES string of the molecule is CCOCCCn1c(N2CCN(C)CC2)nc2cc(Cl)c(N)cc21. The van der Waals surface area contributed by atoms with Crippen molar-refractivity contribution in [2.45, 2.75) is 19.9 Å². The van der Waals surface area contributed by atoms with Crippen molar-refractivity contribution in [2.75, 3.05) is 57.1 Å². The maximum atomic E-state index is 6.19. The first kappa shape index (κ1) is 17.3. The highest BCUT2D eigenvalue weighted by atomic mass is 35.5. The molecule has 7 heteroatoms. The van der Waals surface area contributed by atoms with Gasteiger partial charge in [0.1, 0.15) is 0 Å². The molecule has 0 spiro atoms. The van der Waals surface area contributed by atoms with Crippen molar-refractivity contribution in [1.29, 1.82) is 0 Å². The number of rotatable bonds is 6. The highest BCUT2D eigenvalue weighted by Gasteiger charge is 2.21. The fourth-order valence-corrected chi connectivity index (χ4v) is 3.24. The first-order valence-corrected chi connectivity index (χ1v) is 8.94. The quantitative estimate of drug-likeness (QED) is 0.640. The van der Waals surface area contributed by atoms with Gasteiger partial charge in [0.2, 0.25) is 5.95 Å². The molecule has 1 aliphatic rings. The Labute approximate surface area is 148 Å². The molecule has 1 aromatic heterocycles. The lowest BCUT2D eigenvalue weighted by Crippen LogP contribution is -2.45. The number of nitrogens with two attached hydrogens (primary N) is 1. The number of benzene rings is 1. The summed E-state index contributed by atoms with van der Waals surface area (Å²) in [6, 6.07) is 3.80. The van der Waals surface area contributed by atoms with Crippen molar-refractivity contribution in [3.05, 3.63) is 17.2 Å². The smallest absolute Gasteiger partial charge is 0.206 e. The molecular formula is C17H26ClN5O. The summed E-state index contributed by atoms with van der Waals surface area (Å²) in [5, 5.41) is 0.561. The zero-order valence-electron chi connectivity index (χ0n) is 14.5. The van der Waals surface area contributed by atoms with Crippen LogP contribution in [0, 0.1) is 0 Å². The Morgan fingerprint density at radius 1 is 1.25 bits per heavy atom. The average molecular weight is 352 g/mol. The Kier molecular flexibility index (Phi) is 5.48. The molecule has 2 heterocycles. The molecule has 0 bridgehead atoms. The predicted octanol–water partition coefficient (Wildman–Crippen LogP) is 2.45. The van der Waals surface area contributed by atoms with Crippen molar-refractivity contribution in [3.63, 3.8) is 0 Å². The van der Waals surface area contributed by atoms with Gasteiger partial charge in [-0.15, -0.1) is 0 Å². The summed E-state index contributed by atoms with van der Waals surface area (Å²) in [6.07, 6.45) is 0.947. The van der Waals surface area contributed by atoms with E-state index in [1.54, 1.807) is 0 Å². The molecule has 0 aliphatic carbocycles. The van der Waals surface area contributed by atoms with Gasteiger partial charge in [-0.3, -0.25) is 0 Å². The van der Waals surface area contributed by atoms with Crippen LogP contribution in [0.3, 0.4) is 0 Å². The Morgan fingerprint density at radius 3 is 2.71 bits per heavy atom. The van der Waals surface area contributed by atoms with Crippen LogP contribution in [0.15, 0.2) is 12.1 Å². The molecular weight excluding hydrogens is 326 g/mol. The Bertz CT molecular complexity index is 694. The summed E-state index contributed by atoms with van der Waals surface area (Å²) in [6.45, 7) is 8.43. The summed E-state index contributed by atoms with van der Waals surface area (Å²) < 4.78 is 7.74. The number of halogens is 1. The Balaban J connectivity index is 1.93. The van der Waals surface area contributed by atoms with Gasteiger partial charge in [0, 0.05) is 45.9 Å². The molecule has 3 rings (SSSR count). The van der Waals surface area contributed by atoms with E-state index in [0.29, 0.717) is 10.7 Å². The summed E-state index contributed by atoms with van der Waals surface area (Å²) in [7, 11) is 2.16. The molecule has 0 atom stereocenters. The predicted molar refractivity (Wildman–Crippen MR) is 100.0 cm³/mol. The number of aromatic nitrogens is 2. The molecule has 0 amide bonds. The number of hydrogen-bond acceptors (Lipinski definition) is 5. The molecule has 0 saturated carbocycles. The molecule has 2 aromatic rings. The monoisotopic (exact) mass is 351 g/mol. The molecule has 24 heavy (non-hydrogen) atoms. The maximum absolute atomic E-state index is 6.19. The van der Waals surface area contributed by atoms with Crippen LogP contribution in [0.4, 0.5) is 11.6 Å². The van der Waals surface area contributed by atoms with Gasteiger partial charge in [-0.25, -0.2) is 4.98 Å². The van der Waals surface area contributed by atoms with E-state index in [4.69, 9.17) is 27.1 Å². The van der Waals surface area contributed by atoms with Crippen molar-refractivity contribution in [2.24, 2.45) is 0 Å². The number of likely N-dealkylation sites (N-methyl/N-ethyl adjacent to an activating group) is 1. The van der Waals surface area contributed by atoms with Crippen LogP contribution in [0.25, 0.3) is 11.0 Å². The highest BCUT2D eigenvalue weighted by molar-refractivity contribution is 6.33. The molecule has 0 radical (unpaired) electrons. The van der Waals surface area contributed by atoms with E-state index < -0.39 is 0 Å². The molecule has 2 N–H and O–H groups in total. The van der Waals surface area contributed by atoms with Crippen LogP contribution in [0.1, 0.15) is 13.3 Å². The van der Waals surface area contributed by atoms with Gasteiger partial charge < -0.3 is 24.8 Å². The second-order valence-electron chi connectivity index (χ2n) is 6.27. The molecule has 1 aromatic carbocycles. The van der Waals surface area contributed by atoms with Crippen LogP contribution in [-0.2, 0) is 11.3 Å². The lowest BCUT2D eigenvalue weighted by atomic mass is 10.2. The van der Waals surface area contributed by atoms with Crippen molar-refractivity contribution in [3.8, 4) is 0 Å². The molecule has 1 saturated heterocycles. The van der Waals surface area contributed by atoms with Gasteiger partial charge in [-0.2, -0.15) is 0 Å². The van der Waals surface area contributed by atoms with Gasteiger partial charge in [-0.05, 0) is 32.5 Å². The molecule has 0 unspecified atom stereocenters. The topological polar surface area (TPSA) is 59.5 Å². The van der Waals surface area contributed by atoms with E-state index in [-0.39, 0.29) is 0 Å². The second-order valence-corrected chi connectivity index (χ2v) is 6.67. The number of aryl methyl sites for hydroxylation is 1. The fraction of sp³-hybridized carbons (Fsp3) is 0.588. The summed E-state index contributed by atoms with van der Waals surface area (Å²) in [4.78, 5) is 9.54. The van der Waals surface area contributed by atoms with Crippen LogP contribution in [-0.4, -0.2) is 60.9 Å². The van der Waals surface area contributed by atoms with Crippen molar-refractivity contribution in [1.82, 2.24) is 14.5 Å². The molecule has 6 nitrogen and oxygen atoms in total. The van der Waals surface area contributed by atoms with E-state index in [2.05, 4.69) is 21.4 Å². The van der Waals surface area contributed by atoms with Gasteiger partial charge in [-0.1, -0.05) is 11.6 Å². The number of hydrogen-bond donors (Lipinski definition) is 1. The second kappa shape index (κ2) is 7.59. The molecule has 1 aliphatic heterocycles. The van der Waals surface area contributed by atoms with E-state index in [0.717, 1.165) is 69.3 Å². The van der Waals surface area contributed by atoms with E-state index in [9.17, 15) is 0 Å². The number of fused-ring (bicyclic) bond motifs is 1. The third-order valence-electron chi connectivity index (χ3n) is 4.51.